The van der Waals surface area contributed by atoms with Crippen LogP contribution in [-0.4, -0.2) is 62.1 Å². The molecule has 0 aliphatic carbocycles. The fraction of sp³-hybridized carbons (Fsp3) is 0.450. The molecule has 146 valence electrons. The fourth-order valence-electron chi connectivity index (χ4n) is 3.12. The quantitative estimate of drug-likeness (QED) is 0.724. The van der Waals surface area contributed by atoms with Gasteiger partial charge in [0.1, 0.15) is 17.3 Å². The SMILES string of the molecule is Cc1ccc([C@@H](CNC(=O)COc2ccc(Br)cc2)N2CCN(C)CC2)o1. The van der Waals surface area contributed by atoms with Gasteiger partial charge in [-0.3, -0.25) is 9.69 Å². The number of amides is 1. The molecule has 7 heteroatoms. The van der Waals surface area contributed by atoms with Crippen LogP contribution < -0.4 is 10.1 Å². The maximum Gasteiger partial charge on any atom is 0.258 e. The molecule has 2 aromatic rings. The third kappa shape index (κ3) is 5.82. The predicted molar refractivity (Wildman–Crippen MR) is 108 cm³/mol. The Balaban J connectivity index is 1.55. The van der Waals surface area contributed by atoms with Crippen LogP contribution in [0.2, 0.25) is 0 Å². The van der Waals surface area contributed by atoms with Crippen LogP contribution in [0.3, 0.4) is 0 Å². The molecule has 1 aromatic heterocycles. The molecule has 1 N–H and O–H groups in total. The first-order valence-corrected chi connectivity index (χ1v) is 9.94. The van der Waals surface area contributed by atoms with Gasteiger partial charge in [0.05, 0.1) is 6.04 Å². The standard InChI is InChI=1S/C20H26BrN3O3/c1-15-3-8-19(27-15)18(24-11-9-23(2)10-12-24)13-22-20(25)14-26-17-6-4-16(21)5-7-17/h3-8,18H,9-14H2,1-2H3,(H,22,25)/t18-/m1/s1. The van der Waals surface area contributed by atoms with Gasteiger partial charge >= 0.3 is 0 Å². The highest BCUT2D eigenvalue weighted by atomic mass is 79.9. The number of nitrogens with zero attached hydrogens (tertiary/aromatic N) is 2. The number of hydrogen-bond acceptors (Lipinski definition) is 5. The van der Waals surface area contributed by atoms with Gasteiger partial charge in [-0.15, -0.1) is 0 Å². The van der Waals surface area contributed by atoms with Gasteiger partial charge in [0.15, 0.2) is 6.61 Å². The summed E-state index contributed by atoms with van der Waals surface area (Å²) in [6.45, 7) is 6.36. The minimum absolute atomic E-state index is 0.00568. The molecule has 1 saturated heterocycles. The van der Waals surface area contributed by atoms with Gasteiger partial charge in [-0.1, -0.05) is 15.9 Å². The van der Waals surface area contributed by atoms with Gasteiger partial charge in [0, 0.05) is 37.2 Å². The van der Waals surface area contributed by atoms with E-state index in [-0.39, 0.29) is 18.6 Å². The summed E-state index contributed by atoms with van der Waals surface area (Å²) >= 11 is 3.38. The Hall–Kier alpha value is -1.83. The van der Waals surface area contributed by atoms with Crippen molar-refractivity contribution in [1.29, 1.82) is 0 Å². The van der Waals surface area contributed by atoms with Crippen LogP contribution >= 0.6 is 15.9 Å². The van der Waals surface area contributed by atoms with Gasteiger partial charge in [-0.2, -0.15) is 0 Å². The van der Waals surface area contributed by atoms with Crippen LogP contribution in [0, 0.1) is 6.92 Å². The predicted octanol–water partition coefficient (Wildman–Crippen LogP) is 2.83. The van der Waals surface area contributed by atoms with Gasteiger partial charge in [-0.05, 0) is 50.4 Å². The average Bonchev–Trinajstić information content (AvgIpc) is 3.09. The van der Waals surface area contributed by atoms with E-state index < -0.39 is 0 Å². The number of benzene rings is 1. The smallest absolute Gasteiger partial charge is 0.258 e. The number of furan rings is 1. The van der Waals surface area contributed by atoms with E-state index >= 15 is 0 Å². The summed E-state index contributed by atoms with van der Waals surface area (Å²) in [5, 5.41) is 2.99. The van der Waals surface area contributed by atoms with Gasteiger partial charge < -0.3 is 19.4 Å². The fourth-order valence-corrected chi connectivity index (χ4v) is 3.38. The van der Waals surface area contributed by atoms with Crippen molar-refractivity contribution < 1.29 is 13.9 Å². The zero-order valence-corrected chi connectivity index (χ0v) is 17.4. The maximum absolute atomic E-state index is 12.3. The number of hydrogen-bond donors (Lipinski definition) is 1. The second-order valence-electron chi connectivity index (χ2n) is 6.85. The third-order valence-electron chi connectivity index (χ3n) is 4.74. The van der Waals surface area contributed by atoms with E-state index in [0.717, 1.165) is 42.2 Å². The largest absolute Gasteiger partial charge is 0.484 e. The molecule has 0 spiro atoms. The molecule has 1 amide bonds. The number of likely N-dealkylation sites (N-methyl/N-ethyl adjacent to an activating group) is 1. The first-order valence-electron chi connectivity index (χ1n) is 9.15. The molecule has 3 rings (SSSR count). The molecule has 1 atom stereocenters. The Kier molecular flexibility index (Phi) is 6.93. The van der Waals surface area contributed by atoms with Crippen molar-refractivity contribution in [3.63, 3.8) is 0 Å². The number of rotatable bonds is 7. The van der Waals surface area contributed by atoms with Crippen LogP contribution in [0.5, 0.6) is 5.75 Å². The molecule has 1 aromatic carbocycles. The highest BCUT2D eigenvalue weighted by Gasteiger charge is 2.26. The van der Waals surface area contributed by atoms with Gasteiger partial charge in [-0.25, -0.2) is 0 Å². The van der Waals surface area contributed by atoms with Crippen molar-refractivity contribution in [3.8, 4) is 5.75 Å². The van der Waals surface area contributed by atoms with E-state index in [1.807, 2.05) is 43.3 Å². The Bertz CT molecular complexity index is 739. The Morgan fingerprint density at radius 1 is 1.19 bits per heavy atom. The van der Waals surface area contributed by atoms with Crippen LogP contribution in [0.15, 0.2) is 45.3 Å². The first kappa shape index (κ1) is 19.9. The summed E-state index contributed by atoms with van der Waals surface area (Å²) in [5.41, 5.74) is 0. The maximum atomic E-state index is 12.3. The van der Waals surface area contributed by atoms with Crippen LogP contribution in [-0.2, 0) is 4.79 Å². The zero-order valence-electron chi connectivity index (χ0n) is 15.8. The summed E-state index contributed by atoms with van der Waals surface area (Å²) in [6.07, 6.45) is 0. The summed E-state index contributed by atoms with van der Waals surface area (Å²) in [5.74, 6) is 2.31. The Morgan fingerprint density at radius 3 is 2.52 bits per heavy atom. The van der Waals surface area contributed by atoms with Crippen LogP contribution in [0.25, 0.3) is 0 Å². The topological polar surface area (TPSA) is 58.0 Å². The second-order valence-corrected chi connectivity index (χ2v) is 7.77. The lowest BCUT2D eigenvalue weighted by Crippen LogP contribution is -2.48. The lowest BCUT2D eigenvalue weighted by molar-refractivity contribution is -0.123. The molecule has 1 aliphatic heterocycles. The lowest BCUT2D eigenvalue weighted by atomic mass is 10.1. The number of ether oxygens (including phenoxy) is 1. The number of piperazine rings is 1. The molecule has 0 saturated carbocycles. The molecular formula is C20H26BrN3O3. The molecule has 27 heavy (non-hydrogen) atoms. The van der Waals surface area contributed by atoms with Crippen LogP contribution in [0.1, 0.15) is 17.6 Å². The van der Waals surface area contributed by atoms with Gasteiger partial charge in [0.2, 0.25) is 0 Å². The average molecular weight is 436 g/mol. The number of halogens is 1. The summed E-state index contributed by atoms with van der Waals surface area (Å²) < 4.78 is 12.4. The van der Waals surface area contributed by atoms with Crippen molar-refractivity contribution in [2.45, 2.75) is 13.0 Å². The summed E-state index contributed by atoms with van der Waals surface area (Å²) in [4.78, 5) is 16.9. The minimum Gasteiger partial charge on any atom is -0.484 e. The highest BCUT2D eigenvalue weighted by Crippen LogP contribution is 2.23. The molecular weight excluding hydrogens is 410 g/mol. The number of aryl methyl sites for hydroxylation is 1. The third-order valence-corrected chi connectivity index (χ3v) is 5.27. The van der Waals surface area contributed by atoms with E-state index in [9.17, 15) is 4.79 Å². The molecule has 2 heterocycles. The molecule has 0 unspecified atom stereocenters. The van der Waals surface area contributed by atoms with E-state index in [2.05, 4.69) is 38.1 Å². The second kappa shape index (κ2) is 9.39. The zero-order chi connectivity index (χ0) is 19.2. The lowest BCUT2D eigenvalue weighted by Gasteiger charge is -2.37. The molecule has 1 fully saturated rings. The van der Waals surface area contributed by atoms with Crippen molar-refractivity contribution in [2.24, 2.45) is 0 Å². The van der Waals surface area contributed by atoms with Crippen molar-refractivity contribution in [2.75, 3.05) is 46.4 Å². The Labute approximate surface area is 168 Å². The number of carbonyl (C=O) groups is 1. The monoisotopic (exact) mass is 435 g/mol. The van der Waals surface area contributed by atoms with E-state index in [1.54, 1.807) is 0 Å². The molecule has 1 aliphatic rings. The number of nitrogens with one attached hydrogen (secondary N) is 1. The molecule has 0 bridgehead atoms. The molecule has 0 radical (unpaired) electrons. The summed E-state index contributed by atoms with van der Waals surface area (Å²) in [6, 6.07) is 11.4. The Morgan fingerprint density at radius 2 is 1.89 bits per heavy atom. The van der Waals surface area contributed by atoms with Crippen LogP contribution in [0.4, 0.5) is 0 Å². The number of carbonyl (C=O) groups excluding carboxylic acids is 1. The van der Waals surface area contributed by atoms with Crippen molar-refractivity contribution >= 4 is 21.8 Å². The minimum atomic E-state index is -0.139. The van der Waals surface area contributed by atoms with E-state index in [0.29, 0.717) is 12.3 Å². The first-order chi connectivity index (χ1) is 13.0. The van der Waals surface area contributed by atoms with Crippen molar-refractivity contribution in [1.82, 2.24) is 15.1 Å². The summed E-state index contributed by atoms with van der Waals surface area (Å²) in [7, 11) is 2.13. The van der Waals surface area contributed by atoms with Gasteiger partial charge in [0.25, 0.3) is 5.91 Å². The highest BCUT2D eigenvalue weighted by molar-refractivity contribution is 9.10. The van der Waals surface area contributed by atoms with Crippen molar-refractivity contribution in [3.05, 3.63) is 52.4 Å². The van der Waals surface area contributed by atoms with E-state index in [1.165, 1.54) is 0 Å². The normalized spacial score (nSPS) is 16.9. The van der Waals surface area contributed by atoms with E-state index in [4.69, 9.17) is 9.15 Å². The molecule has 6 nitrogen and oxygen atoms in total.